The first-order valence-corrected chi connectivity index (χ1v) is 9.74. The number of rotatable bonds is 8. The molecule has 0 aliphatic carbocycles. The van der Waals surface area contributed by atoms with Crippen LogP contribution in [0.25, 0.3) is 5.70 Å². The molecule has 7 heteroatoms. The maximum absolute atomic E-state index is 13.1. The van der Waals surface area contributed by atoms with Crippen molar-refractivity contribution < 1.29 is 19.7 Å². The van der Waals surface area contributed by atoms with Gasteiger partial charge in [0.2, 0.25) is 5.71 Å². The van der Waals surface area contributed by atoms with E-state index in [9.17, 15) is 14.3 Å². The fraction of sp³-hybridized carbons (Fsp3) is 0.125. The number of halogens is 1. The average molecular weight is 419 g/mol. The number of pyridine rings is 1. The lowest BCUT2D eigenvalue weighted by atomic mass is 10.00. The first kappa shape index (κ1) is 21.9. The number of hydrogen-bond donors (Lipinski definition) is 4. The highest BCUT2D eigenvalue weighted by molar-refractivity contribution is 6.14. The summed E-state index contributed by atoms with van der Waals surface area (Å²) < 4.78 is 13.1. The van der Waals surface area contributed by atoms with Gasteiger partial charge in [-0.2, -0.15) is 0 Å². The van der Waals surface area contributed by atoms with Gasteiger partial charge in [-0.1, -0.05) is 30.3 Å². The Labute approximate surface area is 179 Å². The van der Waals surface area contributed by atoms with Crippen LogP contribution in [0, 0.1) is 5.82 Å². The van der Waals surface area contributed by atoms with Crippen molar-refractivity contribution in [3.05, 3.63) is 107 Å². The van der Waals surface area contributed by atoms with Gasteiger partial charge in [0.1, 0.15) is 5.82 Å². The lowest BCUT2D eigenvalue weighted by Crippen LogP contribution is -2.43. The Morgan fingerprint density at radius 2 is 1.77 bits per heavy atom. The number of aliphatic hydroxyl groups is 1. The summed E-state index contributed by atoms with van der Waals surface area (Å²) in [6, 6.07) is 17.6. The minimum Gasteiger partial charge on any atom is -0.398 e. The third kappa shape index (κ3) is 5.83. The van der Waals surface area contributed by atoms with Gasteiger partial charge in [0.05, 0.1) is 23.8 Å². The number of aliphatic hydroxyl groups excluding tert-OH is 1. The third-order valence-electron chi connectivity index (χ3n) is 4.71. The van der Waals surface area contributed by atoms with Crippen LogP contribution in [0.2, 0.25) is 0 Å². The summed E-state index contributed by atoms with van der Waals surface area (Å²) in [5, 5.41) is 18.8. The predicted octanol–water partition coefficient (Wildman–Crippen LogP) is 1.10. The summed E-state index contributed by atoms with van der Waals surface area (Å²) in [6.07, 6.45) is 3.59. The molecule has 0 radical (unpaired) electrons. The lowest BCUT2D eigenvalue weighted by molar-refractivity contribution is -0.111. The van der Waals surface area contributed by atoms with Crippen LogP contribution in [0.1, 0.15) is 27.2 Å². The summed E-state index contributed by atoms with van der Waals surface area (Å²) in [7, 11) is 0. The van der Waals surface area contributed by atoms with Gasteiger partial charge in [0, 0.05) is 30.1 Å². The summed E-state index contributed by atoms with van der Waals surface area (Å²) in [5.74, 6) is -0.734. The Balaban J connectivity index is 1.78. The molecule has 6 nitrogen and oxygen atoms in total. The zero-order valence-corrected chi connectivity index (χ0v) is 16.8. The van der Waals surface area contributed by atoms with Crippen LogP contribution < -0.4 is 16.5 Å². The van der Waals surface area contributed by atoms with E-state index in [1.54, 1.807) is 48.7 Å². The first-order valence-electron chi connectivity index (χ1n) is 9.74. The summed E-state index contributed by atoms with van der Waals surface area (Å²) in [5.41, 5.74) is 8.95. The molecule has 1 amide bonds. The van der Waals surface area contributed by atoms with Crippen molar-refractivity contribution >= 4 is 17.3 Å². The van der Waals surface area contributed by atoms with Gasteiger partial charge in [-0.25, -0.2) is 4.39 Å². The van der Waals surface area contributed by atoms with E-state index in [4.69, 9.17) is 11.1 Å². The molecule has 31 heavy (non-hydrogen) atoms. The number of amides is 1. The standard InChI is InChI=1S/C24H23FN4O2/c25-17-10-8-16(9-11-17)22(26)14-23(27)20-6-1-2-7-21(20)24(31)29-19(15-30)13-18-5-3-4-12-28-18/h1-12,14,19,27,30H,13,15,26H2,(H,29,31)/p+1/b22-14-,27-23?/t19-/m1/s1. The molecule has 0 aliphatic heterocycles. The van der Waals surface area contributed by atoms with Crippen LogP contribution in [0.15, 0.2) is 79.0 Å². The zero-order valence-electron chi connectivity index (χ0n) is 16.8. The minimum atomic E-state index is -0.503. The second-order valence-electron chi connectivity index (χ2n) is 6.99. The molecule has 2 aromatic carbocycles. The van der Waals surface area contributed by atoms with Gasteiger partial charge in [-0.05, 0) is 42.0 Å². The van der Waals surface area contributed by atoms with E-state index in [1.165, 1.54) is 18.2 Å². The number of benzene rings is 2. The maximum atomic E-state index is 13.1. The van der Waals surface area contributed by atoms with E-state index in [2.05, 4.69) is 10.3 Å². The van der Waals surface area contributed by atoms with E-state index in [-0.39, 0.29) is 24.0 Å². The number of nitrogens with zero attached hydrogens (tertiary/aromatic N) is 1. The lowest BCUT2D eigenvalue weighted by Gasteiger charge is -2.17. The topological polar surface area (TPSA) is 114 Å². The van der Waals surface area contributed by atoms with Crippen LogP contribution in [0.3, 0.4) is 0 Å². The smallest absolute Gasteiger partial charge is 0.252 e. The van der Waals surface area contributed by atoms with Gasteiger partial charge in [-0.3, -0.25) is 15.2 Å². The predicted molar refractivity (Wildman–Crippen MR) is 117 cm³/mol. The SMILES string of the molecule is N/C(=C\C(=[NH2+])c1ccccc1C(=O)N[C@@H](CO)Cc1ccccn1)c1ccc(F)cc1. The highest BCUT2D eigenvalue weighted by Gasteiger charge is 2.20. The fourth-order valence-electron chi connectivity index (χ4n) is 3.10. The Kier molecular flexibility index (Phi) is 7.24. The highest BCUT2D eigenvalue weighted by atomic mass is 19.1. The number of carbonyl (C=O) groups excluding carboxylic acids is 1. The summed E-state index contributed by atoms with van der Waals surface area (Å²) >= 11 is 0. The normalized spacial score (nSPS) is 12.3. The van der Waals surface area contributed by atoms with Crippen LogP contribution >= 0.6 is 0 Å². The summed E-state index contributed by atoms with van der Waals surface area (Å²) in [6.45, 7) is -0.235. The van der Waals surface area contributed by atoms with E-state index < -0.39 is 6.04 Å². The van der Waals surface area contributed by atoms with E-state index >= 15 is 0 Å². The van der Waals surface area contributed by atoms with Crippen LogP contribution in [-0.4, -0.2) is 34.4 Å². The Morgan fingerprint density at radius 1 is 1.10 bits per heavy atom. The van der Waals surface area contributed by atoms with Gasteiger partial charge < -0.3 is 16.2 Å². The number of hydrogen-bond acceptors (Lipinski definition) is 4. The maximum Gasteiger partial charge on any atom is 0.252 e. The number of nitrogens with one attached hydrogen (secondary N) is 1. The largest absolute Gasteiger partial charge is 0.398 e. The Hall–Kier alpha value is -3.84. The molecule has 0 unspecified atom stereocenters. The van der Waals surface area contributed by atoms with Crippen LogP contribution in [0.4, 0.5) is 4.39 Å². The number of nitrogens with two attached hydrogens (primary N) is 2. The molecule has 1 atom stereocenters. The van der Waals surface area contributed by atoms with Crippen molar-refractivity contribution in [3.63, 3.8) is 0 Å². The van der Waals surface area contributed by atoms with Crippen molar-refractivity contribution in [1.29, 1.82) is 0 Å². The fourth-order valence-corrected chi connectivity index (χ4v) is 3.10. The molecule has 1 aromatic heterocycles. The molecule has 0 spiro atoms. The monoisotopic (exact) mass is 419 g/mol. The van der Waals surface area contributed by atoms with Crippen molar-refractivity contribution in [3.8, 4) is 0 Å². The molecule has 0 saturated carbocycles. The highest BCUT2D eigenvalue weighted by Crippen LogP contribution is 2.14. The average Bonchev–Trinajstić information content (AvgIpc) is 2.79. The van der Waals surface area contributed by atoms with Crippen LogP contribution in [0.5, 0.6) is 0 Å². The second kappa shape index (κ2) is 10.3. The molecule has 1 heterocycles. The third-order valence-corrected chi connectivity index (χ3v) is 4.71. The van der Waals surface area contributed by atoms with Crippen molar-refractivity contribution in [2.45, 2.75) is 12.5 Å². The van der Waals surface area contributed by atoms with Gasteiger partial charge in [-0.15, -0.1) is 0 Å². The molecule has 0 fully saturated rings. The van der Waals surface area contributed by atoms with Gasteiger partial charge in [0.15, 0.2) is 0 Å². The van der Waals surface area contributed by atoms with Crippen molar-refractivity contribution in [2.24, 2.45) is 5.73 Å². The molecular weight excluding hydrogens is 395 g/mol. The number of allylic oxidation sites excluding steroid dienone is 1. The summed E-state index contributed by atoms with van der Waals surface area (Å²) in [4.78, 5) is 17.1. The van der Waals surface area contributed by atoms with Crippen molar-refractivity contribution in [1.82, 2.24) is 10.3 Å². The van der Waals surface area contributed by atoms with E-state index in [0.29, 0.717) is 28.8 Å². The molecule has 0 aliphatic rings. The van der Waals surface area contributed by atoms with Gasteiger partial charge >= 0.3 is 0 Å². The number of carbonyl (C=O) groups is 1. The molecule has 6 N–H and O–H groups in total. The van der Waals surface area contributed by atoms with E-state index in [0.717, 1.165) is 5.69 Å². The molecule has 0 saturated heterocycles. The van der Waals surface area contributed by atoms with E-state index in [1.807, 2.05) is 12.1 Å². The van der Waals surface area contributed by atoms with Crippen molar-refractivity contribution in [2.75, 3.05) is 6.61 Å². The molecule has 3 aromatic rings. The second-order valence-corrected chi connectivity index (χ2v) is 6.99. The number of aromatic nitrogens is 1. The molecule has 3 rings (SSSR count). The zero-order chi connectivity index (χ0) is 22.2. The minimum absolute atomic E-state index is 0.235. The molecule has 158 valence electrons. The Bertz CT molecular complexity index is 1080. The quantitative estimate of drug-likeness (QED) is 0.410. The first-order chi connectivity index (χ1) is 15.0. The van der Waals surface area contributed by atoms with Crippen LogP contribution in [-0.2, 0) is 6.42 Å². The Morgan fingerprint density at radius 3 is 2.42 bits per heavy atom. The van der Waals surface area contributed by atoms with Gasteiger partial charge in [0.25, 0.3) is 5.91 Å². The molecular formula is C24H24FN4O2+. The molecule has 0 bridgehead atoms.